The van der Waals surface area contributed by atoms with Crippen molar-refractivity contribution >= 4 is 149 Å². The number of nitrogens with one attached hydrogen (secondary N) is 1. The largest absolute Gasteiger partial charge is 0.508 e. The van der Waals surface area contributed by atoms with E-state index in [-0.39, 0.29) is 121 Å². The number of thiazole rings is 2. The summed E-state index contributed by atoms with van der Waals surface area (Å²) in [5.74, 6) is 0.797. The van der Waals surface area contributed by atoms with Crippen molar-refractivity contribution in [2.24, 2.45) is 5.92 Å². The number of aromatic hydroxyl groups is 2. The molecule has 133 heavy (non-hydrogen) atoms. The maximum absolute atomic E-state index is 13.3. The summed E-state index contributed by atoms with van der Waals surface area (Å²) >= 11 is 6.31. The first-order chi connectivity index (χ1) is 63.6. The predicted octanol–water partition coefficient (Wildman–Crippen LogP) is 11.8. The molecule has 5 aliphatic heterocycles. The highest BCUT2D eigenvalue weighted by molar-refractivity contribution is 7.90. The van der Waals surface area contributed by atoms with E-state index < -0.39 is 56.3 Å². The van der Waals surface area contributed by atoms with Crippen LogP contribution in [0.5, 0.6) is 23.0 Å². The third-order valence-corrected chi connectivity index (χ3v) is 37.8. The fourth-order valence-corrected chi connectivity index (χ4v) is 27.4. The maximum atomic E-state index is 13.3. The summed E-state index contributed by atoms with van der Waals surface area (Å²) in [6.07, 6.45) is 1.57. The average Bonchev–Trinajstić information content (AvgIpc) is 1.59. The number of aryl methyl sites for hydroxylation is 2. The first kappa shape index (κ1) is 99.0. The number of nitrogens with zero attached hydrogens (tertiary/aromatic N) is 11. The summed E-state index contributed by atoms with van der Waals surface area (Å²) in [6, 6.07) is 46.0. The van der Waals surface area contributed by atoms with Crippen molar-refractivity contribution in [3.63, 3.8) is 0 Å². The molecule has 0 bridgehead atoms. The zero-order chi connectivity index (χ0) is 94.8. The number of methoxy groups -OCH3 is 2. The number of piperazine rings is 2. The molecule has 0 spiro atoms. The number of phenolic OH excluding ortho intramolecular Hbond substituents is 2. The SMILES string of the molecule is CC1CCN(S(=O)(=O)c2cccc(-n3sc4ccccc4c3=O)c2)CC1.COc1ccc(S(=O)(=O)N2CCN(C)CC2)cc1-n1sc2ccccc2c1=O.COc1ccc(S(=O)(=O)N2CCNCC2)cc1-n1sc2ccccc2c1=O.Cc1ncsc1C(=O)Cc1cc(S(=O)(=O)N2CCC(F)CC2)ccc1O.Cc1ncsc1C(=O)Cc1cc(S(=O)(=O)N2CCCOCC2)ccc1O. The monoisotopic (exact) mass is 2010 g/mol. The summed E-state index contributed by atoms with van der Waals surface area (Å²) in [5, 5.41) is 25.1. The number of halogens is 1. The van der Waals surface area contributed by atoms with Crippen LogP contribution < -0.4 is 31.5 Å². The number of piperidine rings is 2. The number of rotatable bonds is 21. The molecule has 5 aliphatic rings. The van der Waals surface area contributed by atoms with Gasteiger partial charge in [0.1, 0.15) is 40.5 Å². The minimum Gasteiger partial charge on any atom is -0.508 e. The zero-order valence-electron chi connectivity index (χ0n) is 73.4. The molecule has 10 heterocycles. The molecule has 13 aromatic rings. The molecule has 43 heteroatoms. The smallest absolute Gasteiger partial charge is 0.273 e. The number of phenols is 2. The molecule has 8 aromatic carbocycles. The highest BCUT2D eigenvalue weighted by Crippen LogP contribution is 2.36. The summed E-state index contributed by atoms with van der Waals surface area (Å²) in [5.41, 5.74) is 5.88. The number of aromatic nitrogens is 5. The fourth-order valence-electron chi connectivity index (χ4n) is 15.4. The van der Waals surface area contributed by atoms with Crippen molar-refractivity contribution < 1.29 is 80.5 Å². The summed E-state index contributed by atoms with van der Waals surface area (Å²) < 4.78 is 173. The Morgan fingerprint density at radius 1 is 0.451 bits per heavy atom. The Morgan fingerprint density at radius 3 is 1.26 bits per heavy atom. The van der Waals surface area contributed by atoms with Crippen LogP contribution in [-0.4, -0.2) is 244 Å². The van der Waals surface area contributed by atoms with Gasteiger partial charge < -0.3 is 34.6 Å². The van der Waals surface area contributed by atoms with E-state index >= 15 is 0 Å². The number of fused-ring (bicyclic) bond motifs is 3. The van der Waals surface area contributed by atoms with Gasteiger partial charge in [0.2, 0.25) is 50.1 Å². The predicted molar refractivity (Wildman–Crippen MR) is 513 cm³/mol. The molecule has 0 amide bonds. The molecule has 3 N–H and O–H groups in total. The van der Waals surface area contributed by atoms with E-state index in [1.807, 2.05) is 61.6 Å². The Kier molecular flexibility index (Phi) is 31.9. The van der Waals surface area contributed by atoms with Crippen LogP contribution in [0.1, 0.15) is 80.9 Å². The number of sulfonamides is 5. The molecular weight excluding hydrogens is 1910 g/mol. The Hall–Kier alpha value is -10.0. The number of likely N-dealkylation sites (N-methyl/N-ethyl adjacent to an activating group) is 1. The van der Waals surface area contributed by atoms with Crippen LogP contribution in [0, 0.1) is 19.8 Å². The summed E-state index contributed by atoms with van der Waals surface area (Å²) in [6.45, 7) is 12.9. The van der Waals surface area contributed by atoms with Gasteiger partial charge in [-0.3, -0.25) is 24.0 Å². The Balaban J connectivity index is 0.000000134. The number of ketones is 2. The van der Waals surface area contributed by atoms with E-state index in [0.29, 0.717) is 163 Å². The number of hydrogen-bond acceptors (Lipinski definition) is 29. The second-order valence-corrected chi connectivity index (χ2v) is 46.3. The van der Waals surface area contributed by atoms with Crippen molar-refractivity contribution in [1.82, 2.24) is 53.6 Å². The normalized spacial score (nSPS) is 16.5. The molecule has 0 saturated carbocycles. The maximum Gasteiger partial charge on any atom is 0.273 e. The van der Waals surface area contributed by atoms with E-state index in [0.717, 1.165) is 26.9 Å². The molecule has 5 saturated heterocycles. The van der Waals surface area contributed by atoms with Crippen LogP contribution in [0.25, 0.3) is 47.3 Å². The van der Waals surface area contributed by atoms with Crippen LogP contribution >= 0.6 is 57.3 Å². The van der Waals surface area contributed by atoms with Gasteiger partial charge in [-0.15, -0.1) is 22.7 Å². The van der Waals surface area contributed by atoms with Crippen LogP contribution in [0.4, 0.5) is 4.39 Å². The minimum absolute atomic E-state index is 0.00330. The highest BCUT2D eigenvalue weighted by Gasteiger charge is 2.35. The van der Waals surface area contributed by atoms with Gasteiger partial charge in [0.25, 0.3) is 16.7 Å². The van der Waals surface area contributed by atoms with Crippen LogP contribution in [-0.2, 0) is 67.7 Å². The van der Waals surface area contributed by atoms with Crippen molar-refractivity contribution in [2.45, 2.75) is 96.4 Å². The second kappa shape index (κ2) is 42.9. The van der Waals surface area contributed by atoms with Crippen molar-refractivity contribution in [2.75, 3.05) is 126 Å². The third kappa shape index (κ3) is 22.4. The molecule has 5 fully saturated rings. The van der Waals surface area contributed by atoms with Gasteiger partial charge in [-0.25, -0.2) is 68.3 Å². The topological polar surface area (TPSA) is 396 Å². The van der Waals surface area contributed by atoms with Gasteiger partial charge >= 0.3 is 0 Å². The number of alkyl halides is 1. The van der Waals surface area contributed by atoms with Gasteiger partial charge in [0.15, 0.2) is 11.6 Å². The molecule has 0 radical (unpaired) electrons. The van der Waals surface area contributed by atoms with Crippen molar-refractivity contribution in [1.29, 1.82) is 0 Å². The molecule has 0 unspecified atom stereocenters. The van der Waals surface area contributed by atoms with Gasteiger partial charge in [-0.1, -0.05) is 84.0 Å². The number of carbonyl (C=O) groups excluding carboxylic acids is 2. The van der Waals surface area contributed by atoms with Crippen LogP contribution in [0.3, 0.4) is 0 Å². The first-order valence-electron chi connectivity index (χ1n) is 42.5. The summed E-state index contributed by atoms with van der Waals surface area (Å²) in [7, 11) is -13.3. The molecule has 18 rings (SSSR count). The van der Waals surface area contributed by atoms with Gasteiger partial charge in [0.05, 0.1) is 113 Å². The average molecular weight is 2010 g/mol. The Bertz CT molecular complexity index is 7220. The van der Waals surface area contributed by atoms with E-state index in [2.05, 4.69) is 27.1 Å². The highest BCUT2D eigenvalue weighted by atomic mass is 32.2. The standard InChI is InChI=1S/C19H21N3O4S2.C19H20N2O3S2.C18H19N3O4S2.C17H19FN2O4S2.C17H20N2O5S2/c1-20-9-11-21(12-10-20)28(24,25)14-7-8-17(26-2)16(13-14)22-19(23)15-5-3-4-6-18(15)27-22;1-14-9-11-20(12-10-14)26(23,24)16-6-4-5-15(13-16)21-19(22)17-7-2-3-8-18(17)25-21;1-25-16-7-6-13(27(23,24)20-10-8-19-9-11-20)12-15(16)21-18(22)14-4-2-3-5-17(14)26-21;1-11-17(25-10-19-11)16(22)9-12-8-14(2-3-15(12)21)26(23,24)20-6-4-13(18)5-7-20;1-12-17(25-11-18-12)16(21)10-13-9-14(3-4-15(13)20)26(22,23)19-5-2-7-24-8-6-19/h3-8,13H,9-12H2,1-2H3;2-8,13-14H,9-12H2,1H3;2-7,12,19H,8-11H2,1H3;2-3,8,10,13,21H,4-7,9H2,1H3;3-4,9,11,20H,2,5-8,10H2,1H3. The van der Waals surface area contributed by atoms with E-state index in [1.54, 1.807) is 87.7 Å². The molecule has 0 atom stereocenters. The fraction of sp³-hybridized carbons (Fsp3) is 0.344. The van der Waals surface area contributed by atoms with Crippen LogP contribution in [0.2, 0.25) is 0 Å². The first-order valence-corrected chi connectivity index (χ1v) is 53.8. The van der Waals surface area contributed by atoms with E-state index in [1.165, 1.54) is 157 Å². The lowest BCUT2D eigenvalue weighted by Crippen LogP contribution is -2.47. The quantitative estimate of drug-likeness (QED) is 0.0562. The lowest BCUT2D eigenvalue weighted by molar-refractivity contribution is 0.0987. The van der Waals surface area contributed by atoms with Gasteiger partial charge in [-0.2, -0.15) is 21.5 Å². The molecular formula is C90H99FN12O20S10. The molecule has 0 aliphatic carbocycles. The van der Waals surface area contributed by atoms with E-state index in [4.69, 9.17) is 14.2 Å². The second-order valence-electron chi connectivity index (χ2n) is 31.9. The Labute approximate surface area is 789 Å². The van der Waals surface area contributed by atoms with Crippen LogP contribution in [0.15, 0.2) is 220 Å². The molecule has 706 valence electrons. The number of benzene rings is 8. The number of carbonyl (C=O) groups is 2. The third-order valence-electron chi connectivity index (χ3n) is 23.1. The minimum atomic E-state index is -3.79. The van der Waals surface area contributed by atoms with E-state index in [9.17, 15) is 80.7 Å². The Morgan fingerprint density at radius 2 is 0.835 bits per heavy atom. The number of ether oxygens (including phenoxy) is 3. The van der Waals surface area contributed by atoms with Crippen molar-refractivity contribution in [3.05, 3.63) is 244 Å². The number of hydrogen-bond donors (Lipinski definition) is 3. The zero-order valence-corrected chi connectivity index (χ0v) is 81.5. The van der Waals surface area contributed by atoms with Gasteiger partial charge in [-0.05, 0) is 186 Å². The molecule has 32 nitrogen and oxygen atoms in total. The van der Waals surface area contributed by atoms with Crippen molar-refractivity contribution in [3.8, 4) is 40.1 Å². The number of Topliss-reactive ketones (excluding diaryl/α,β-unsaturated/α-hetero) is 2. The van der Waals surface area contributed by atoms with Gasteiger partial charge in [0, 0.05) is 122 Å². The summed E-state index contributed by atoms with van der Waals surface area (Å²) in [4.78, 5) is 75.0. The lowest BCUT2D eigenvalue weighted by Gasteiger charge is -2.31. The lowest BCUT2D eigenvalue weighted by atomic mass is 10.0. The molecule has 5 aromatic heterocycles.